The van der Waals surface area contributed by atoms with E-state index >= 15 is 0 Å². The van der Waals surface area contributed by atoms with Crippen LogP contribution in [0.15, 0.2) is 18.2 Å². The molecular weight excluding hydrogens is 332 g/mol. The molecule has 9 heteroatoms. The van der Waals surface area contributed by atoms with Gasteiger partial charge in [-0.15, -0.1) is 0 Å². The van der Waals surface area contributed by atoms with Crippen LogP contribution in [0.2, 0.25) is 0 Å². The largest absolute Gasteiger partial charge is 0.454 e. The summed E-state index contributed by atoms with van der Waals surface area (Å²) in [6.07, 6.45) is 0. The van der Waals surface area contributed by atoms with E-state index in [9.17, 15) is 14.4 Å². The molecule has 9 nitrogen and oxygen atoms in total. The molecule has 1 aromatic rings. The highest BCUT2D eigenvalue weighted by Crippen LogP contribution is 2.32. The Morgan fingerprint density at radius 2 is 2.00 bits per heavy atom. The summed E-state index contributed by atoms with van der Waals surface area (Å²) in [4.78, 5) is 35.1. The first-order chi connectivity index (χ1) is 12.0. The lowest BCUT2D eigenvalue weighted by Crippen LogP contribution is -2.39. The number of carbonyl (C=O) groups excluding carboxylic acids is 3. The van der Waals surface area contributed by atoms with Crippen LogP contribution in [0, 0.1) is 0 Å². The first-order valence-electron chi connectivity index (χ1n) is 7.61. The fourth-order valence-electron chi connectivity index (χ4n) is 2.10. The minimum atomic E-state index is -0.719. The Morgan fingerprint density at radius 1 is 1.24 bits per heavy atom. The summed E-state index contributed by atoms with van der Waals surface area (Å²) >= 11 is 0. The average molecular weight is 352 g/mol. The van der Waals surface area contributed by atoms with Gasteiger partial charge in [-0.2, -0.15) is 0 Å². The summed E-state index contributed by atoms with van der Waals surface area (Å²) in [5.74, 6) is -0.598. The molecule has 136 valence electrons. The minimum Gasteiger partial charge on any atom is -0.454 e. The van der Waals surface area contributed by atoms with Crippen LogP contribution in [0.4, 0.5) is 0 Å². The SMILES string of the molecule is COCC(C)NC(=O)COC(=O)CNC(=O)c1ccc2c(c1)OCO2. The highest BCUT2D eigenvalue weighted by atomic mass is 16.7. The maximum atomic E-state index is 12.0. The molecule has 0 aromatic heterocycles. The average Bonchev–Trinajstić information content (AvgIpc) is 3.05. The standard InChI is InChI=1S/C16H20N2O7/c1-10(7-22-2)18-14(19)8-23-15(20)6-17-16(21)11-3-4-12-13(5-11)25-9-24-12/h3-5,10H,6-9H2,1-2H3,(H,17,21)(H,18,19). The highest BCUT2D eigenvalue weighted by Gasteiger charge is 2.17. The molecular formula is C16H20N2O7. The van der Waals surface area contributed by atoms with Crippen LogP contribution in [0.5, 0.6) is 11.5 Å². The van der Waals surface area contributed by atoms with Crippen molar-refractivity contribution in [2.24, 2.45) is 0 Å². The minimum absolute atomic E-state index is 0.109. The number of benzene rings is 1. The van der Waals surface area contributed by atoms with Gasteiger partial charge < -0.3 is 29.6 Å². The normalized spacial score (nSPS) is 13.0. The van der Waals surface area contributed by atoms with Gasteiger partial charge >= 0.3 is 5.97 Å². The fraction of sp³-hybridized carbons (Fsp3) is 0.438. The zero-order valence-electron chi connectivity index (χ0n) is 14.0. The molecule has 0 saturated heterocycles. The van der Waals surface area contributed by atoms with Gasteiger partial charge in [0, 0.05) is 18.7 Å². The Bertz CT molecular complexity index is 647. The van der Waals surface area contributed by atoms with E-state index in [4.69, 9.17) is 18.9 Å². The van der Waals surface area contributed by atoms with E-state index in [1.54, 1.807) is 19.1 Å². The van der Waals surface area contributed by atoms with E-state index in [2.05, 4.69) is 10.6 Å². The number of esters is 1. The first kappa shape index (κ1) is 18.5. The fourth-order valence-corrected chi connectivity index (χ4v) is 2.10. The number of hydrogen-bond acceptors (Lipinski definition) is 7. The molecule has 0 bridgehead atoms. The van der Waals surface area contributed by atoms with E-state index in [1.807, 2.05) is 0 Å². The van der Waals surface area contributed by atoms with Crippen LogP contribution in [-0.4, -0.2) is 57.5 Å². The number of carbonyl (C=O) groups is 3. The van der Waals surface area contributed by atoms with Crippen molar-refractivity contribution in [3.63, 3.8) is 0 Å². The summed E-state index contributed by atoms with van der Waals surface area (Å²) in [6.45, 7) is 1.44. The molecule has 2 N–H and O–H groups in total. The van der Waals surface area contributed by atoms with Crippen LogP contribution in [0.25, 0.3) is 0 Å². The zero-order valence-corrected chi connectivity index (χ0v) is 14.0. The molecule has 0 fully saturated rings. The zero-order chi connectivity index (χ0) is 18.2. The summed E-state index contributed by atoms with van der Waals surface area (Å²) in [7, 11) is 1.52. The van der Waals surface area contributed by atoms with Gasteiger partial charge in [0.25, 0.3) is 11.8 Å². The third-order valence-electron chi connectivity index (χ3n) is 3.22. The quantitative estimate of drug-likeness (QED) is 0.625. The van der Waals surface area contributed by atoms with Crippen molar-refractivity contribution in [3.05, 3.63) is 23.8 Å². The second-order valence-corrected chi connectivity index (χ2v) is 5.34. The van der Waals surface area contributed by atoms with Gasteiger partial charge in [-0.25, -0.2) is 0 Å². The number of nitrogens with one attached hydrogen (secondary N) is 2. The molecule has 0 aliphatic carbocycles. The van der Waals surface area contributed by atoms with Crippen molar-refractivity contribution in [1.82, 2.24) is 10.6 Å². The highest BCUT2D eigenvalue weighted by molar-refractivity contribution is 5.96. The lowest BCUT2D eigenvalue weighted by atomic mass is 10.2. The van der Waals surface area contributed by atoms with Gasteiger partial charge in [0.15, 0.2) is 18.1 Å². The number of rotatable bonds is 8. The monoisotopic (exact) mass is 352 g/mol. The predicted molar refractivity (Wildman–Crippen MR) is 85.3 cm³/mol. The summed E-state index contributed by atoms with van der Waals surface area (Å²) in [6, 6.07) is 4.50. The van der Waals surface area contributed by atoms with Gasteiger partial charge in [-0.1, -0.05) is 0 Å². The lowest BCUT2D eigenvalue weighted by molar-refractivity contribution is -0.147. The van der Waals surface area contributed by atoms with Crippen molar-refractivity contribution in [1.29, 1.82) is 0 Å². The van der Waals surface area contributed by atoms with E-state index in [0.717, 1.165) is 0 Å². The maximum Gasteiger partial charge on any atom is 0.325 e. The number of ether oxygens (including phenoxy) is 4. The summed E-state index contributed by atoms with van der Waals surface area (Å²) in [5.41, 5.74) is 0.322. The molecule has 2 rings (SSSR count). The predicted octanol–water partition coefficient (Wildman–Crippen LogP) is -0.161. The molecule has 1 atom stereocenters. The van der Waals surface area contributed by atoms with Crippen LogP contribution in [-0.2, 0) is 19.1 Å². The smallest absolute Gasteiger partial charge is 0.325 e. The number of hydrogen-bond donors (Lipinski definition) is 2. The number of methoxy groups -OCH3 is 1. The molecule has 0 spiro atoms. The van der Waals surface area contributed by atoms with Crippen molar-refractivity contribution in [2.45, 2.75) is 13.0 Å². The number of amides is 2. The topological polar surface area (TPSA) is 112 Å². The number of fused-ring (bicyclic) bond motifs is 1. The first-order valence-corrected chi connectivity index (χ1v) is 7.61. The van der Waals surface area contributed by atoms with E-state index < -0.39 is 24.4 Å². The van der Waals surface area contributed by atoms with Crippen LogP contribution >= 0.6 is 0 Å². The Hall–Kier alpha value is -2.81. The molecule has 1 aliphatic heterocycles. The molecule has 1 heterocycles. The van der Waals surface area contributed by atoms with Gasteiger partial charge in [0.05, 0.1) is 6.61 Å². The second kappa shape index (κ2) is 8.88. The van der Waals surface area contributed by atoms with Crippen molar-refractivity contribution in [2.75, 3.05) is 33.7 Å². The molecule has 1 unspecified atom stereocenters. The lowest BCUT2D eigenvalue weighted by Gasteiger charge is -2.12. The molecule has 0 radical (unpaired) electrons. The molecule has 25 heavy (non-hydrogen) atoms. The Kier molecular flexibility index (Phi) is 6.58. The summed E-state index contributed by atoms with van der Waals surface area (Å²) < 4.78 is 20.0. The third-order valence-corrected chi connectivity index (χ3v) is 3.22. The van der Waals surface area contributed by atoms with Crippen molar-refractivity contribution >= 4 is 17.8 Å². The third kappa shape index (κ3) is 5.64. The van der Waals surface area contributed by atoms with Gasteiger partial charge in [0.1, 0.15) is 6.54 Å². The summed E-state index contributed by atoms with van der Waals surface area (Å²) in [5, 5.41) is 5.01. The maximum absolute atomic E-state index is 12.0. The van der Waals surface area contributed by atoms with E-state index in [1.165, 1.54) is 13.2 Å². The van der Waals surface area contributed by atoms with Crippen molar-refractivity contribution in [3.8, 4) is 11.5 Å². The second-order valence-electron chi connectivity index (χ2n) is 5.34. The van der Waals surface area contributed by atoms with Crippen LogP contribution < -0.4 is 20.1 Å². The Labute approximate surface area is 144 Å². The molecule has 1 aliphatic rings. The van der Waals surface area contributed by atoms with Crippen molar-refractivity contribution < 1.29 is 33.3 Å². The molecule has 2 amide bonds. The Morgan fingerprint density at radius 3 is 2.76 bits per heavy atom. The molecule has 1 aromatic carbocycles. The molecule has 0 saturated carbocycles. The Balaban J connectivity index is 1.71. The van der Waals surface area contributed by atoms with E-state index in [0.29, 0.717) is 23.7 Å². The van der Waals surface area contributed by atoms with E-state index in [-0.39, 0.29) is 19.4 Å². The van der Waals surface area contributed by atoms with Gasteiger partial charge in [-0.05, 0) is 25.1 Å². The van der Waals surface area contributed by atoms with Crippen LogP contribution in [0.3, 0.4) is 0 Å². The van der Waals surface area contributed by atoms with Gasteiger partial charge in [0.2, 0.25) is 6.79 Å². The van der Waals surface area contributed by atoms with Crippen LogP contribution in [0.1, 0.15) is 17.3 Å². The van der Waals surface area contributed by atoms with Gasteiger partial charge in [-0.3, -0.25) is 14.4 Å².